The van der Waals surface area contributed by atoms with Crippen LogP contribution in [0.25, 0.3) is 11.2 Å². The maximum Gasteiger partial charge on any atom is 0.226 e. The lowest BCUT2D eigenvalue weighted by molar-refractivity contribution is 0.208. The molecule has 96 valence electrons. The third-order valence-electron chi connectivity index (χ3n) is 2.46. The Hall–Kier alpha value is -1.53. The molecule has 1 unspecified atom stereocenters. The molecule has 2 aromatic rings. The summed E-state index contributed by atoms with van der Waals surface area (Å²) >= 11 is 6.05. The first-order chi connectivity index (χ1) is 8.47. The summed E-state index contributed by atoms with van der Waals surface area (Å²) in [5, 5.41) is 12.3. The highest BCUT2D eigenvalue weighted by atomic mass is 35.5. The van der Waals surface area contributed by atoms with E-state index in [0.29, 0.717) is 23.7 Å². The number of aromatic nitrogens is 4. The van der Waals surface area contributed by atoms with Gasteiger partial charge < -0.3 is 10.4 Å². The summed E-state index contributed by atoms with van der Waals surface area (Å²) in [6, 6.07) is 0. The van der Waals surface area contributed by atoms with Gasteiger partial charge in [-0.2, -0.15) is 9.97 Å². The van der Waals surface area contributed by atoms with Gasteiger partial charge in [-0.15, -0.1) is 0 Å². The second kappa shape index (κ2) is 4.99. The minimum absolute atomic E-state index is 0.253. The van der Waals surface area contributed by atoms with Crippen molar-refractivity contribution < 1.29 is 5.11 Å². The van der Waals surface area contributed by atoms with Gasteiger partial charge in [0, 0.05) is 6.54 Å². The minimum atomic E-state index is -0.492. The molecule has 0 aliphatic heterocycles. The SMILES string of the molecule is Cc1nc2nc(NCC(C)O)nc(Cl)c2nc1C. The van der Waals surface area contributed by atoms with Crippen LogP contribution in [0.1, 0.15) is 18.3 Å². The van der Waals surface area contributed by atoms with Crippen molar-refractivity contribution in [3.8, 4) is 0 Å². The van der Waals surface area contributed by atoms with E-state index in [1.165, 1.54) is 0 Å². The van der Waals surface area contributed by atoms with Crippen molar-refractivity contribution in [3.63, 3.8) is 0 Å². The molecule has 18 heavy (non-hydrogen) atoms. The molecule has 2 rings (SSSR count). The van der Waals surface area contributed by atoms with Crippen LogP contribution in [0, 0.1) is 13.8 Å². The number of halogens is 1. The van der Waals surface area contributed by atoms with Crippen LogP contribution in [0.15, 0.2) is 0 Å². The molecule has 2 N–H and O–H groups in total. The Bertz CT molecular complexity index is 587. The first-order valence-corrected chi connectivity index (χ1v) is 5.95. The molecule has 0 saturated carbocycles. The Morgan fingerprint density at radius 3 is 2.50 bits per heavy atom. The summed E-state index contributed by atoms with van der Waals surface area (Å²) in [5.41, 5.74) is 2.55. The van der Waals surface area contributed by atoms with Crippen LogP contribution in [-0.2, 0) is 0 Å². The molecule has 0 bridgehead atoms. The molecular weight excluding hydrogens is 254 g/mol. The van der Waals surface area contributed by atoms with Crippen LogP contribution in [0.3, 0.4) is 0 Å². The van der Waals surface area contributed by atoms with Gasteiger partial charge in [-0.1, -0.05) is 11.6 Å². The van der Waals surface area contributed by atoms with E-state index in [1.807, 2.05) is 13.8 Å². The number of hydrogen-bond acceptors (Lipinski definition) is 6. The topological polar surface area (TPSA) is 83.8 Å². The van der Waals surface area contributed by atoms with Crippen molar-refractivity contribution in [3.05, 3.63) is 16.5 Å². The number of fused-ring (bicyclic) bond motifs is 1. The largest absolute Gasteiger partial charge is 0.392 e. The molecule has 0 aliphatic carbocycles. The Morgan fingerprint density at radius 1 is 1.17 bits per heavy atom. The third kappa shape index (κ3) is 2.65. The van der Waals surface area contributed by atoms with Gasteiger partial charge in [0.05, 0.1) is 17.5 Å². The van der Waals surface area contributed by atoms with Gasteiger partial charge in [0.25, 0.3) is 0 Å². The first-order valence-electron chi connectivity index (χ1n) is 5.58. The molecule has 6 nitrogen and oxygen atoms in total. The van der Waals surface area contributed by atoms with Crippen LogP contribution in [-0.4, -0.2) is 37.7 Å². The predicted molar refractivity (Wildman–Crippen MR) is 69.8 cm³/mol. The molecule has 0 spiro atoms. The number of nitrogens with one attached hydrogen (secondary N) is 1. The Kier molecular flexibility index (Phi) is 3.58. The highest BCUT2D eigenvalue weighted by Gasteiger charge is 2.10. The summed E-state index contributed by atoms with van der Waals surface area (Å²) in [5.74, 6) is 0.339. The Labute approximate surface area is 109 Å². The molecule has 0 amide bonds. The second-order valence-electron chi connectivity index (χ2n) is 4.13. The molecule has 7 heteroatoms. The van der Waals surface area contributed by atoms with Crippen LogP contribution in [0.5, 0.6) is 0 Å². The lowest BCUT2D eigenvalue weighted by Crippen LogP contribution is -2.17. The second-order valence-corrected chi connectivity index (χ2v) is 4.49. The lowest BCUT2D eigenvalue weighted by atomic mass is 10.3. The fourth-order valence-electron chi connectivity index (χ4n) is 1.40. The zero-order valence-corrected chi connectivity index (χ0v) is 11.2. The predicted octanol–water partition coefficient (Wildman–Crippen LogP) is 1.48. The van der Waals surface area contributed by atoms with Gasteiger partial charge in [-0.05, 0) is 20.8 Å². The standard InChI is InChI=1S/C11H14ClN5O/c1-5(18)4-13-11-16-9(12)8-10(17-11)15-7(3)6(2)14-8/h5,18H,4H2,1-3H3,(H,13,15,16,17). The summed E-state index contributed by atoms with van der Waals surface area (Å²) < 4.78 is 0. The molecule has 0 radical (unpaired) electrons. The average molecular weight is 268 g/mol. The summed E-state index contributed by atoms with van der Waals surface area (Å²) in [4.78, 5) is 16.9. The highest BCUT2D eigenvalue weighted by Crippen LogP contribution is 2.19. The van der Waals surface area contributed by atoms with Crippen molar-refractivity contribution in [2.24, 2.45) is 0 Å². The van der Waals surface area contributed by atoms with E-state index in [4.69, 9.17) is 11.6 Å². The zero-order chi connectivity index (χ0) is 13.3. The number of rotatable bonds is 3. The van der Waals surface area contributed by atoms with Crippen molar-refractivity contribution in [1.29, 1.82) is 0 Å². The van der Waals surface area contributed by atoms with Crippen molar-refractivity contribution in [2.45, 2.75) is 26.9 Å². The smallest absolute Gasteiger partial charge is 0.226 e. The van der Waals surface area contributed by atoms with E-state index in [2.05, 4.69) is 25.3 Å². The number of nitrogens with zero attached hydrogens (tertiary/aromatic N) is 4. The van der Waals surface area contributed by atoms with Gasteiger partial charge in [0.2, 0.25) is 5.95 Å². The van der Waals surface area contributed by atoms with Gasteiger partial charge in [0.1, 0.15) is 5.52 Å². The van der Waals surface area contributed by atoms with E-state index in [-0.39, 0.29) is 5.15 Å². The Balaban J connectivity index is 2.45. The van der Waals surface area contributed by atoms with Gasteiger partial charge >= 0.3 is 0 Å². The number of anilines is 1. The van der Waals surface area contributed by atoms with E-state index in [1.54, 1.807) is 6.92 Å². The van der Waals surface area contributed by atoms with Gasteiger partial charge in [-0.25, -0.2) is 9.97 Å². The average Bonchev–Trinajstić information content (AvgIpc) is 2.29. The number of hydrogen-bond donors (Lipinski definition) is 2. The molecule has 1 atom stereocenters. The van der Waals surface area contributed by atoms with Gasteiger partial charge in [-0.3, -0.25) is 0 Å². The molecule has 0 fully saturated rings. The van der Waals surface area contributed by atoms with E-state index >= 15 is 0 Å². The van der Waals surface area contributed by atoms with E-state index in [9.17, 15) is 5.11 Å². The first kappa shape index (κ1) is 12.9. The van der Waals surface area contributed by atoms with Crippen molar-refractivity contribution in [1.82, 2.24) is 19.9 Å². The number of aryl methyl sites for hydroxylation is 2. The number of aliphatic hydroxyl groups is 1. The molecule has 0 aliphatic rings. The molecular formula is C11H14ClN5O. The zero-order valence-electron chi connectivity index (χ0n) is 10.4. The Morgan fingerprint density at radius 2 is 1.83 bits per heavy atom. The lowest BCUT2D eigenvalue weighted by Gasteiger charge is -2.08. The quantitative estimate of drug-likeness (QED) is 0.820. The fourth-order valence-corrected chi connectivity index (χ4v) is 1.60. The van der Waals surface area contributed by atoms with Crippen molar-refractivity contribution >= 4 is 28.7 Å². The normalized spacial score (nSPS) is 12.7. The van der Waals surface area contributed by atoms with E-state index < -0.39 is 6.10 Å². The monoisotopic (exact) mass is 267 g/mol. The fraction of sp³-hybridized carbons (Fsp3) is 0.455. The third-order valence-corrected chi connectivity index (χ3v) is 2.72. The highest BCUT2D eigenvalue weighted by molar-refractivity contribution is 6.33. The molecule has 0 aromatic carbocycles. The number of aliphatic hydroxyl groups excluding tert-OH is 1. The minimum Gasteiger partial charge on any atom is -0.392 e. The van der Waals surface area contributed by atoms with Gasteiger partial charge in [0.15, 0.2) is 10.8 Å². The molecule has 2 aromatic heterocycles. The molecule has 0 saturated heterocycles. The van der Waals surface area contributed by atoms with E-state index in [0.717, 1.165) is 11.4 Å². The van der Waals surface area contributed by atoms with Crippen LogP contribution in [0.4, 0.5) is 5.95 Å². The van der Waals surface area contributed by atoms with Crippen LogP contribution in [0.2, 0.25) is 5.15 Å². The maximum atomic E-state index is 9.20. The van der Waals surface area contributed by atoms with Crippen LogP contribution < -0.4 is 5.32 Å². The van der Waals surface area contributed by atoms with Crippen molar-refractivity contribution in [2.75, 3.05) is 11.9 Å². The summed E-state index contributed by atoms with van der Waals surface area (Å²) in [7, 11) is 0. The molecule has 2 heterocycles. The summed E-state index contributed by atoms with van der Waals surface area (Å²) in [6.07, 6.45) is -0.492. The van der Waals surface area contributed by atoms with Crippen LogP contribution >= 0.6 is 11.6 Å². The maximum absolute atomic E-state index is 9.20. The summed E-state index contributed by atoms with van der Waals surface area (Å²) in [6.45, 7) is 5.74.